The fourth-order valence-corrected chi connectivity index (χ4v) is 8.42. The fraction of sp³-hybridized carbons (Fsp3) is 1.00. The maximum Gasteiger partial charge on any atom is 0.00388 e. The average molecular weight is 660 g/mol. The predicted octanol–water partition coefficient (Wildman–Crippen LogP) is 16.7. The van der Waals surface area contributed by atoms with E-state index in [-0.39, 0.29) is 0 Å². The van der Waals surface area contributed by atoms with Crippen LogP contribution in [0.5, 0.6) is 0 Å². The maximum atomic E-state index is 6.58. The topological polar surface area (TPSA) is 26.0 Å². The van der Waals surface area contributed by atoms with Crippen LogP contribution in [0.4, 0.5) is 0 Å². The predicted molar refractivity (Wildman–Crippen MR) is 216 cm³/mol. The van der Waals surface area contributed by atoms with Gasteiger partial charge in [-0.05, 0) is 18.8 Å². The first-order chi connectivity index (χ1) is 23.3. The Balaban J connectivity index is 2.16. The Kier molecular flexibility index (Phi) is 37.1. The van der Waals surface area contributed by atoms with Gasteiger partial charge in [0.25, 0.3) is 0 Å². The van der Waals surface area contributed by atoms with Gasteiger partial charge in [0.15, 0.2) is 0 Å². The summed E-state index contributed by atoms with van der Waals surface area (Å²) >= 11 is 0. The van der Waals surface area contributed by atoms with Crippen LogP contribution in [0.3, 0.4) is 0 Å². The number of hydrogen-bond donors (Lipinski definition) is 1. The van der Waals surface area contributed by atoms with Crippen LogP contribution in [0, 0.1) is 5.92 Å². The molecule has 1 fully saturated rings. The van der Waals surface area contributed by atoms with Crippen molar-refractivity contribution < 1.29 is 0 Å². The van der Waals surface area contributed by atoms with E-state index in [1.54, 1.807) is 0 Å². The quantitative estimate of drug-likeness (QED) is 0.146. The number of hydrogen-bond acceptors (Lipinski definition) is 1. The van der Waals surface area contributed by atoms with Crippen LogP contribution in [-0.4, -0.2) is 6.04 Å². The highest BCUT2D eigenvalue weighted by molar-refractivity contribution is 4.66. The standard InChI is InChI=1S/C46H93N/c1-2-3-4-5-6-7-8-25-28-31-34-37-43-46(47)44-39-38-42-45-40-35-32-29-26-23-21-19-17-15-13-11-9-10-12-14-16-18-20-22-24-27-30-33-36-41-45/h45-46H,2-44,47H2,1H3. The van der Waals surface area contributed by atoms with Crippen LogP contribution >= 0.6 is 0 Å². The molecule has 0 aromatic heterocycles. The van der Waals surface area contributed by atoms with Gasteiger partial charge in [-0.25, -0.2) is 0 Å². The zero-order valence-corrected chi connectivity index (χ0v) is 33.1. The minimum absolute atomic E-state index is 0.456. The molecule has 1 heteroatoms. The van der Waals surface area contributed by atoms with Crippen molar-refractivity contribution in [3.8, 4) is 0 Å². The highest BCUT2D eigenvalue weighted by Gasteiger charge is 2.10. The lowest BCUT2D eigenvalue weighted by molar-refractivity contribution is 0.362. The van der Waals surface area contributed by atoms with Gasteiger partial charge in [-0.1, -0.05) is 270 Å². The van der Waals surface area contributed by atoms with Crippen molar-refractivity contribution in [1.29, 1.82) is 0 Å². The molecule has 1 atom stereocenters. The molecule has 0 amide bonds. The SMILES string of the molecule is CCCCCCCCCCCCCCC(N)CCCCC1CCCCCCCCCCCCCCCCCCCCCCCCCC1. The first kappa shape index (κ1) is 45.0. The van der Waals surface area contributed by atoms with Gasteiger partial charge in [-0.15, -0.1) is 0 Å². The van der Waals surface area contributed by atoms with Crippen LogP contribution in [0.1, 0.15) is 283 Å². The lowest BCUT2D eigenvalue weighted by Crippen LogP contribution is -2.19. The normalized spacial score (nSPS) is 20.0. The summed E-state index contributed by atoms with van der Waals surface area (Å²) < 4.78 is 0. The summed E-state index contributed by atoms with van der Waals surface area (Å²) in [5, 5.41) is 0. The van der Waals surface area contributed by atoms with E-state index in [0.717, 1.165) is 5.92 Å². The number of nitrogens with two attached hydrogens (primary N) is 1. The van der Waals surface area contributed by atoms with Crippen molar-refractivity contribution >= 4 is 0 Å². The average Bonchev–Trinajstić information content (AvgIpc) is 3.07. The van der Waals surface area contributed by atoms with Crippen LogP contribution in [0.25, 0.3) is 0 Å². The van der Waals surface area contributed by atoms with Gasteiger partial charge < -0.3 is 5.73 Å². The highest BCUT2D eigenvalue weighted by Crippen LogP contribution is 2.25. The van der Waals surface area contributed by atoms with Crippen LogP contribution in [0.2, 0.25) is 0 Å². The molecule has 0 saturated heterocycles. The van der Waals surface area contributed by atoms with Crippen molar-refractivity contribution in [1.82, 2.24) is 0 Å². The van der Waals surface area contributed by atoms with Gasteiger partial charge in [0.2, 0.25) is 0 Å². The third-order valence-electron chi connectivity index (χ3n) is 11.8. The van der Waals surface area contributed by atoms with Crippen molar-refractivity contribution in [2.45, 2.75) is 289 Å². The molecule has 1 saturated carbocycles. The minimum atomic E-state index is 0.456. The second-order valence-corrected chi connectivity index (χ2v) is 16.7. The van der Waals surface area contributed by atoms with E-state index in [2.05, 4.69) is 6.92 Å². The van der Waals surface area contributed by atoms with E-state index in [0.29, 0.717) is 6.04 Å². The lowest BCUT2D eigenvalue weighted by Gasteiger charge is -2.18. The monoisotopic (exact) mass is 660 g/mol. The highest BCUT2D eigenvalue weighted by atomic mass is 14.6. The lowest BCUT2D eigenvalue weighted by atomic mass is 9.89. The van der Waals surface area contributed by atoms with Crippen molar-refractivity contribution in [3.05, 3.63) is 0 Å². The van der Waals surface area contributed by atoms with Crippen LogP contribution < -0.4 is 5.73 Å². The molecule has 0 bridgehead atoms. The minimum Gasteiger partial charge on any atom is -0.328 e. The van der Waals surface area contributed by atoms with Gasteiger partial charge in [-0.3, -0.25) is 0 Å². The van der Waals surface area contributed by atoms with Crippen molar-refractivity contribution in [3.63, 3.8) is 0 Å². The Morgan fingerprint density at radius 3 is 0.915 bits per heavy atom. The van der Waals surface area contributed by atoms with Gasteiger partial charge in [0.05, 0.1) is 0 Å². The second kappa shape index (κ2) is 38.8. The Labute approximate surface area is 299 Å². The Bertz CT molecular complexity index is 529. The molecule has 1 unspecified atom stereocenters. The van der Waals surface area contributed by atoms with Crippen molar-refractivity contribution in [2.75, 3.05) is 0 Å². The van der Waals surface area contributed by atoms with Crippen LogP contribution in [0.15, 0.2) is 0 Å². The Hall–Kier alpha value is -0.0400. The third kappa shape index (κ3) is 35.6. The molecule has 1 aliphatic rings. The van der Waals surface area contributed by atoms with E-state index in [1.165, 1.54) is 276 Å². The van der Waals surface area contributed by atoms with Gasteiger partial charge in [0.1, 0.15) is 0 Å². The molecular weight excluding hydrogens is 567 g/mol. The summed E-state index contributed by atoms with van der Waals surface area (Å²) in [5.74, 6) is 0.991. The summed E-state index contributed by atoms with van der Waals surface area (Å²) in [6.45, 7) is 2.31. The maximum absolute atomic E-state index is 6.58. The number of rotatable bonds is 18. The largest absolute Gasteiger partial charge is 0.328 e. The molecule has 0 spiro atoms. The Morgan fingerprint density at radius 2 is 0.596 bits per heavy atom. The molecule has 1 aliphatic carbocycles. The number of unbranched alkanes of at least 4 members (excludes halogenated alkanes) is 12. The molecular formula is C46H93N. The van der Waals surface area contributed by atoms with Crippen molar-refractivity contribution in [2.24, 2.45) is 11.7 Å². The molecule has 0 aromatic rings. The summed E-state index contributed by atoms with van der Waals surface area (Å²) in [7, 11) is 0. The summed E-state index contributed by atoms with van der Waals surface area (Å²) in [4.78, 5) is 0. The van der Waals surface area contributed by atoms with E-state index < -0.39 is 0 Å². The fourth-order valence-electron chi connectivity index (χ4n) is 8.42. The molecule has 0 radical (unpaired) electrons. The Morgan fingerprint density at radius 1 is 0.340 bits per heavy atom. The molecule has 0 aliphatic heterocycles. The van der Waals surface area contributed by atoms with E-state index in [9.17, 15) is 0 Å². The molecule has 0 aromatic carbocycles. The smallest absolute Gasteiger partial charge is 0.00388 e. The van der Waals surface area contributed by atoms with E-state index in [4.69, 9.17) is 5.73 Å². The van der Waals surface area contributed by atoms with E-state index in [1.807, 2.05) is 0 Å². The van der Waals surface area contributed by atoms with Gasteiger partial charge in [0, 0.05) is 6.04 Å². The summed E-state index contributed by atoms with van der Waals surface area (Å²) in [6, 6.07) is 0.456. The van der Waals surface area contributed by atoms with Crippen LogP contribution in [-0.2, 0) is 0 Å². The summed E-state index contributed by atoms with van der Waals surface area (Å²) in [5.41, 5.74) is 6.58. The second-order valence-electron chi connectivity index (χ2n) is 16.7. The van der Waals surface area contributed by atoms with E-state index >= 15 is 0 Å². The third-order valence-corrected chi connectivity index (χ3v) is 11.8. The molecule has 0 heterocycles. The summed E-state index contributed by atoms with van der Waals surface area (Å²) in [6.07, 6.45) is 62.8. The molecule has 1 rings (SSSR count). The van der Waals surface area contributed by atoms with Gasteiger partial charge in [-0.2, -0.15) is 0 Å². The zero-order valence-electron chi connectivity index (χ0n) is 33.1. The molecule has 47 heavy (non-hydrogen) atoms. The molecule has 282 valence electrons. The first-order valence-corrected chi connectivity index (χ1v) is 23.1. The molecule has 2 N–H and O–H groups in total. The first-order valence-electron chi connectivity index (χ1n) is 23.1. The van der Waals surface area contributed by atoms with Gasteiger partial charge >= 0.3 is 0 Å². The zero-order chi connectivity index (χ0) is 33.6. The molecule has 1 nitrogen and oxygen atoms in total.